The summed E-state index contributed by atoms with van der Waals surface area (Å²) in [6.07, 6.45) is 0.389. The van der Waals surface area contributed by atoms with Crippen LogP contribution in [0.5, 0.6) is 5.75 Å². The van der Waals surface area contributed by atoms with Crippen LogP contribution in [0.4, 0.5) is 0 Å². The average molecular weight is 269 g/mol. The van der Waals surface area contributed by atoms with Crippen molar-refractivity contribution in [3.05, 3.63) is 58.9 Å². The number of hydrogen-bond acceptors (Lipinski definition) is 3. The summed E-state index contributed by atoms with van der Waals surface area (Å²) in [6, 6.07) is 11.2. The van der Waals surface area contributed by atoms with Crippen LogP contribution < -0.4 is 4.74 Å². The van der Waals surface area contributed by atoms with Crippen molar-refractivity contribution in [3.63, 3.8) is 0 Å². The molecule has 2 rings (SSSR count). The number of ketones is 1. The van der Waals surface area contributed by atoms with E-state index in [2.05, 4.69) is 4.98 Å². The molecule has 0 bridgehead atoms. The molecule has 1 heterocycles. The number of hydrogen-bond donors (Lipinski definition) is 0. The molecule has 0 radical (unpaired) electrons. The maximum Gasteiger partial charge on any atom is 0.167 e. The number of pyridine rings is 1. The topological polar surface area (TPSA) is 39.2 Å². The first-order valence-electron chi connectivity index (χ1n) is 6.78. The summed E-state index contributed by atoms with van der Waals surface area (Å²) < 4.78 is 5.42. The molecule has 1 aromatic heterocycles. The van der Waals surface area contributed by atoms with Crippen LogP contribution in [0.1, 0.15) is 34.2 Å². The van der Waals surface area contributed by atoms with E-state index < -0.39 is 0 Å². The average Bonchev–Trinajstić information content (AvgIpc) is 2.38. The molecule has 3 nitrogen and oxygen atoms in total. The van der Waals surface area contributed by atoms with Gasteiger partial charge in [0, 0.05) is 23.4 Å². The number of benzene rings is 1. The fraction of sp³-hybridized carbons (Fsp3) is 0.294. The number of aromatic nitrogens is 1. The van der Waals surface area contributed by atoms with E-state index in [9.17, 15) is 4.79 Å². The van der Waals surface area contributed by atoms with Gasteiger partial charge in [0.15, 0.2) is 5.78 Å². The lowest BCUT2D eigenvalue weighted by molar-refractivity contribution is 0.0992. The summed E-state index contributed by atoms with van der Waals surface area (Å²) in [5.74, 6) is 0.831. The van der Waals surface area contributed by atoms with Gasteiger partial charge in [0.25, 0.3) is 0 Å². The summed E-state index contributed by atoms with van der Waals surface area (Å²) in [4.78, 5) is 16.6. The lowest BCUT2D eigenvalue weighted by Gasteiger charge is -2.07. The zero-order valence-electron chi connectivity index (χ0n) is 12.1. The summed E-state index contributed by atoms with van der Waals surface area (Å²) >= 11 is 0. The molecule has 0 spiro atoms. The first kappa shape index (κ1) is 14.3. The Morgan fingerprint density at radius 2 is 1.85 bits per heavy atom. The van der Waals surface area contributed by atoms with E-state index >= 15 is 0 Å². The summed E-state index contributed by atoms with van der Waals surface area (Å²) in [6.45, 7) is 6.41. The van der Waals surface area contributed by atoms with Gasteiger partial charge in [0.1, 0.15) is 5.75 Å². The minimum absolute atomic E-state index is 0.0940. The zero-order valence-corrected chi connectivity index (χ0v) is 12.1. The van der Waals surface area contributed by atoms with Crippen LogP contribution in [0.25, 0.3) is 0 Å². The second kappa shape index (κ2) is 6.33. The molecule has 2 aromatic rings. The Morgan fingerprint density at radius 3 is 2.50 bits per heavy atom. The molecular formula is C17H19NO2. The Hall–Kier alpha value is -2.16. The molecule has 0 saturated carbocycles. The van der Waals surface area contributed by atoms with E-state index in [4.69, 9.17) is 4.74 Å². The van der Waals surface area contributed by atoms with Gasteiger partial charge in [-0.3, -0.25) is 9.78 Å². The van der Waals surface area contributed by atoms with Crippen molar-refractivity contribution >= 4 is 5.78 Å². The normalized spacial score (nSPS) is 10.3. The van der Waals surface area contributed by atoms with Crippen LogP contribution in [0.3, 0.4) is 0 Å². The molecule has 20 heavy (non-hydrogen) atoms. The van der Waals surface area contributed by atoms with Gasteiger partial charge in [0.05, 0.1) is 6.61 Å². The molecule has 0 aliphatic heterocycles. The number of rotatable bonds is 5. The van der Waals surface area contributed by atoms with Crippen LogP contribution in [0.15, 0.2) is 36.4 Å². The summed E-state index contributed by atoms with van der Waals surface area (Å²) in [7, 11) is 0. The SMILES string of the molecule is CCOc1cccc(C(=O)Cc2cc(C)nc(C)c2)c1. The summed E-state index contributed by atoms with van der Waals surface area (Å²) in [5.41, 5.74) is 3.57. The Labute approximate surface area is 119 Å². The Kier molecular flexibility index (Phi) is 4.51. The first-order chi connectivity index (χ1) is 9.58. The Morgan fingerprint density at radius 1 is 1.15 bits per heavy atom. The van der Waals surface area contributed by atoms with E-state index in [1.165, 1.54) is 0 Å². The van der Waals surface area contributed by atoms with Gasteiger partial charge in [-0.25, -0.2) is 0 Å². The number of Topliss-reactive ketones (excluding diaryl/α,β-unsaturated/α-hetero) is 1. The van der Waals surface area contributed by atoms with Crippen LogP contribution in [-0.4, -0.2) is 17.4 Å². The number of carbonyl (C=O) groups excluding carboxylic acids is 1. The van der Waals surface area contributed by atoms with Crippen molar-refractivity contribution in [2.45, 2.75) is 27.2 Å². The number of aryl methyl sites for hydroxylation is 2. The third kappa shape index (κ3) is 3.67. The molecule has 0 amide bonds. The van der Waals surface area contributed by atoms with Crippen LogP contribution in [0, 0.1) is 13.8 Å². The molecule has 0 N–H and O–H groups in total. The molecular weight excluding hydrogens is 250 g/mol. The van der Waals surface area contributed by atoms with E-state index in [1.54, 1.807) is 6.07 Å². The number of nitrogens with zero attached hydrogens (tertiary/aromatic N) is 1. The molecule has 0 fully saturated rings. The highest BCUT2D eigenvalue weighted by molar-refractivity contribution is 5.97. The molecule has 104 valence electrons. The minimum atomic E-state index is 0.0940. The lowest BCUT2D eigenvalue weighted by atomic mass is 10.0. The van der Waals surface area contributed by atoms with Gasteiger partial charge >= 0.3 is 0 Å². The van der Waals surface area contributed by atoms with Crippen molar-refractivity contribution in [1.29, 1.82) is 0 Å². The lowest BCUT2D eigenvalue weighted by Crippen LogP contribution is -2.05. The second-order valence-corrected chi connectivity index (χ2v) is 4.82. The van der Waals surface area contributed by atoms with Crippen LogP contribution in [0.2, 0.25) is 0 Å². The highest BCUT2D eigenvalue weighted by Gasteiger charge is 2.09. The monoisotopic (exact) mass is 269 g/mol. The molecule has 0 unspecified atom stereocenters. The molecule has 1 aromatic carbocycles. The molecule has 0 saturated heterocycles. The van der Waals surface area contributed by atoms with E-state index in [0.29, 0.717) is 18.6 Å². The van der Waals surface area contributed by atoms with Crippen LogP contribution in [-0.2, 0) is 6.42 Å². The van der Waals surface area contributed by atoms with E-state index in [-0.39, 0.29) is 5.78 Å². The largest absolute Gasteiger partial charge is 0.494 e. The van der Waals surface area contributed by atoms with Gasteiger partial charge in [-0.1, -0.05) is 12.1 Å². The molecule has 0 atom stereocenters. The fourth-order valence-corrected chi connectivity index (χ4v) is 2.24. The highest BCUT2D eigenvalue weighted by atomic mass is 16.5. The van der Waals surface area contributed by atoms with Gasteiger partial charge in [-0.15, -0.1) is 0 Å². The second-order valence-electron chi connectivity index (χ2n) is 4.82. The quantitative estimate of drug-likeness (QED) is 0.780. The first-order valence-corrected chi connectivity index (χ1v) is 6.78. The Balaban J connectivity index is 2.17. The van der Waals surface area contributed by atoms with Gasteiger partial charge in [0.2, 0.25) is 0 Å². The third-order valence-corrected chi connectivity index (χ3v) is 2.97. The summed E-state index contributed by atoms with van der Waals surface area (Å²) in [5, 5.41) is 0. The van der Waals surface area contributed by atoms with Gasteiger partial charge in [-0.2, -0.15) is 0 Å². The molecule has 0 aliphatic carbocycles. The van der Waals surface area contributed by atoms with Gasteiger partial charge < -0.3 is 4.74 Å². The number of carbonyl (C=O) groups is 1. The van der Waals surface area contributed by atoms with Crippen molar-refractivity contribution in [2.24, 2.45) is 0 Å². The Bertz CT molecular complexity index is 600. The van der Waals surface area contributed by atoms with Crippen molar-refractivity contribution in [1.82, 2.24) is 4.98 Å². The van der Waals surface area contributed by atoms with Crippen LogP contribution >= 0.6 is 0 Å². The maximum absolute atomic E-state index is 12.3. The van der Waals surface area contributed by atoms with Crippen molar-refractivity contribution in [3.8, 4) is 5.75 Å². The van der Waals surface area contributed by atoms with E-state index in [1.807, 2.05) is 51.1 Å². The third-order valence-electron chi connectivity index (χ3n) is 2.97. The predicted molar refractivity (Wildman–Crippen MR) is 79.4 cm³/mol. The zero-order chi connectivity index (χ0) is 14.5. The highest BCUT2D eigenvalue weighted by Crippen LogP contribution is 2.16. The minimum Gasteiger partial charge on any atom is -0.494 e. The van der Waals surface area contributed by atoms with Crippen molar-refractivity contribution < 1.29 is 9.53 Å². The maximum atomic E-state index is 12.3. The number of ether oxygens (including phenoxy) is 1. The standard InChI is InChI=1S/C17H19NO2/c1-4-20-16-7-5-6-15(11-16)17(19)10-14-8-12(2)18-13(3)9-14/h5-9,11H,4,10H2,1-3H3. The fourth-order valence-electron chi connectivity index (χ4n) is 2.24. The predicted octanol–water partition coefficient (Wildman–Crippen LogP) is 3.52. The van der Waals surface area contributed by atoms with E-state index in [0.717, 1.165) is 22.7 Å². The molecule has 3 heteroatoms. The van der Waals surface area contributed by atoms with Crippen molar-refractivity contribution in [2.75, 3.05) is 6.61 Å². The van der Waals surface area contributed by atoms with Gasteiger partial charge in [-0.05, 0) is 50.6 Å². The molecule has 0 aliphatic rings. The smallest absolute Gasteiger partial charge is 0.167 e.